The Kier molecular flexibility index (Phi) is 3.62. The van der Waals surface area contributed by atoms with Crippen LogP contribution in [0.5, 0.6) is 0 Å². The maximum absolute atomic E-state index is 11.2. The molecule has 15 heavy (non-hydrogen) atoms. The van der Waals surface area contributed by atoms with Crippen molar-refractivity contribution in [3.63, 3.8) is 0 Å². The van der Waals surface area contributed by atoms with Crippen LogP contribution < -0.4 is 17.0 Å². The predicted octanol–water partition coefficient (Wildman–Crippen LogP) is 0.781. The van der Waals surface area contributed by atoms with E-state index in [9.17, 15) is 4.79 Å². The van der Waals surface area contributed by atoms with Crippen LogP contribution in [-0.4, -0.2) is 10.9 Å². The molecular formula is C10H16N4O. The minimum Gasteiger partial charge on any atom is -0.383 e. The number of nitrogens with zero attached hydrogens (tertiary/aromatic N) is 1. The summed E-state index contributed by atoms with van der Waals surface area (Å²) in [5.41, 5.74) is 8.89. The lowest BCUT2D eigenvalue weighted by Gasteiger charge is -2.10. The van der Waals surface area contributed by atoms with Gasteiger partial charge < -0.3 is 5.73 Å². The summed E-state index contributed by atoms with van der Waals surface area (Å²) in [5, 5.41) is 0. The smallest absolute Gasteiger partial charge is 0.268 e. The second-order valence-electron chi connectivity index (χ2n) is 3.45. The van der Waals surface area contributed by atoms with Crippen LogP contribution in [0.4, 0.5) is 5.82 Å². The van der Waals surface area contributed by atoms with Gasteiger partial charge in [0.2, 0.25) is 0 Å². The molecule has 0 radical (unpaired) electrons. The van der Waals surface area contributed by atoms with E-state index < -0.39 is 5.91 Å². The molecule has 0 spiro atoms. The highest BCUT2D eigenvalue weighted by Crippen LogP contribution is 2.19. The van der Waals surface area contributed by atoms with Gasteiger partial charge in [-0.15, -0.1) is 0 Å². The molecule has 1 heterocycles. The van der Waals surface area contributed by atoms with Gasteiger partial charge in [0.05, 0.1) is 5.56 Å². The molecule has 0 aliphatic carbocycles. The fourth-order valence-corrected chi connectivity index (χ4v) is 1.24. The van der Waals surface area contributed by atoms with E-state index in [0.717, 1.165) is 12.1 Å². The molecule has 0 aromatic carbocycles. The fraction of sp³-hybridized carbons (Fsp3) is 0.400. The molecule has 0 aliphatic heterocycles. The van der Waals surface area contributed by atoms with E-state index in [-0.39, 0.29) is 5.82 Å². The number of hydrogen-bond acceptors (Lipinski definition) is 4. The molecule has 5 nitrogen and oxygen atoms in total. The second-order valence-corrected chi connectivity index (χ2v) is 3.45. The lowest BCUT2D eigenvalue weighted by molar-refractivity contribution is 0.0954. The van der Waals surface area contributed by atoms with E-state index in [2.05, 4.69) is 18.8 Å². The van der Waals surface area contributed by atoms with Crippen LogP contribution in [0.3, 0.4) is 0 Å². The largest absolute Gasteiger partial charge is 0.383 e. The summed E-state index contributed by atoms with van der Waals surface area (Å²) in [6.45, 7) is 4.13. The number of carbonyl (C=O) groups is 1. The lowest BCUT2D eigenvalue weighted by atomic mass is 10.0. The summed E-state index contributed by atoms with van der Waals surface area (Å²) < 4.78 is 0. The van der Waals surface area contributed by atoms with Gasteiger partial charge in [0, 0.05) is 5.69 Å². The summed E-state index contributed by atoms with van der Waals surface area (Å²) in [7, 11) is 0. The van der Waals surface area contributed by atoms with Gasteiger partial charge in [-0.1, -0.05) is 13.8 Å². The predicted molar refractivity (Wildman–Crippen MR) is 59.0 cm³/mol. The van der Waals surface area contributed by atoms with Crippen molar-refractivity contribution >= 4 is 11.7 Å². The molecule has 1 aromatic heterocycles. The van der Waals surface area contributed by atoms with Gasteiger partial charge in [-0.2, -0.15) is 0 Å². The van der Waals surface area contributed by atoms with Crippen molar-refractivity contribution in [2.75, 3.05) is 5.73 Å². The molecule has 5 heteroatoms. The number of carbonyl (C=O) groups excluding carboxylic acids is 1. The van der Waals surface area contributed by atoms with E-state index in [0.29, 0.717) is 11.5 Å². The van der Waals surface area contributed by atoms with Crippen LogP contribution in [0, 0.1) is 0 Å². The van der Waals surface area contributed by atoms with E-state index in [1.165, 1.54) is 0 Å². The van der Waals surface area contributed by atoms with Crippen LogP contribution in [-0.2, 0) is 0 Å². The van der Waals surface area contributed by atoms with Crippen molar-refractivity contribution in [2.45, 2.75) is 26.2 Å². The minimum absolute atomic E-state index is 0.218. The van der Waals surface area contributed by atoms with E-state index in [1.807, 2.05) is 5.43 Å². The molecular weight excluding hydrogens is 192 g/mol. The Morgan fingerprint density at radius 3 is 2.73 bits per heavy atom. The Bertz CT molecular complexity index is 364. The number of nitrogens with one attached hydrogen (secondary N) is 1. The molecule has 0 fully saturated rings. The van der Waals surface area contributed by atoms with Gasteiger partial charge >= 0.3 is 0 Å². The van der Waals surface area contributed by atoms with E-state index in [1.54, 1.807) is 12.1 Å². The van der Waals surface area contributed by atoms with Crippen LogP contribution in [0.25, 0.3) is 0 Å². The van der Waals surface area contributed by atoms with Crippen molar-refractivity contribution in [2.24, 2.45) is 5.84 Å². The third-order valence-corrected chi connectivity index (χ3v) is 2.44. The number of amides is 1. The zero-order chi connectivity index (χ0) is 11.4. The van der Waals surface area contributed by atoms with Gasteiger partial charge in [-0.3, -0.25) is 10.2 Å². The molecule has 0 aliphatic rings. The summed E-state index contributed by atoms with van der Waals surface area (Å²) in [4.78, 5) is 15.4. The van der Waals surface area contributed by atoms with Crippen LogP contribution in [0.1, 0.15) is 42.2 Å². The number of pyridine rings is 1. The highest BCUT2D eigenvalue weighted by molar-refractivity contribution is 5.97. The maximum Gasteiger partial charge on any atom is 0.268 e. The zero-order valence-electron chi connectivity index (χ0n) is 8.95. The Morgan fingerprint density at radius 1 is 1.60 bits per heavy atom. The Balaban J connectivity index is 3.03. The molecule has 0 bridgehead atoms. The molecule has 1 rings (SSSR count). The number of anilines is 1. The number of rotatable bonds is 3. The SMILES string of the molecule is CCC(C)c1ccc(C(=O)NN)c(N)n1. The monoisotopic (exact) mass is 208 g/mol. The zero-order valence-corrected chi connectivity index (χ0v) is 8.95. The third kappa shape index (κ3) is 2.44. The summed E-state index contributed by atoms with van der Waals surface area (Å²) in [6, 6.07) is 3.45. The highest BCUT2D eigenvalue weighted by atomic mass is 16.2. The third-order valence-electron chi connectivity index (χ3n) is 2.44. The minimum atomic E-state index is -0.421. The summed E-state index contributed by atoms with van der Waals surface area (Å²) >= 11 is 0. The molecule has 0 saturated heterocycles. The highest BCUT2D eigenvalue weighted by Gasteiger charge is 2.12. The quantitative estimate of drug-likeness (QED) is 0.388. The van der Waals surface area contributed by atoms with Crippen LogP contribution in [0.2, 0.25) is 0 Å². The first kappa shape index (κ1) is 11.5. The van der Waals surface area contributed by atoms with Gasteiger partial charge in [0.1, 0.15) is 5.82 Å². The summed E-state index contributed by atoms with van der Waals surface area (Å²) in [6.07, 6.45) is 0.981. The maximum atomic E-state index is 11.2. The molecule has 1 amide bonds. The average Bonchev–Trinajstić information content (AvgIpc) is 2.26. The Labute approximate surface area is 88.8 Å². The standard InChI is InChI=1S/C10H16N4O/c1-3-6(2)8-5-4-7(9(11)13-8)10(15)14-12/h4-6H,3,12H2,1-2H3,(H2,11,13)(H,14,15). The Hall–Kier alpha value is -1.62. The van der Waals surface area contributed by atoms with Crippen molar-refractivity contribution in [1.82, 2.24) is 10.4 Å². The molecule has 1 unspecified atom stereocenters. The Morgan fingerprint density at radius 2 is 2.27 bits per heavy atom. The van der Waals surface area contributed by atoms with E-state index in [4.69, 9.17) is 11.6 Å². The van der Waals surface area contributed by atoms with Crippen molar-refractivity contribution in [3.8, 4) is 0 Å². The fourth-order valence-electron chi connectivity index (χ4n) is 1.24. The lowest BCUT2D eigenvalue weighted by Crippen LogP contribution is -2.30. The normalized spacial score (nSPS) is 12.2. The molecule has 1 atom stereocenters. The van der Waals surface area contributed by atoms with Gasteiger partial charge in [-0.05, 0) is 24.5 Å². The number of hydrogen-bond donors (Lipinski definition) is 3. The van der Waals surface area contributed by atoms with E-state index >= 15 is 0 Å². The van der Waals surface area contributed by atoms with Crippen molar-refractivity contribution in [1.29, 1.82) is 0 Å². The van der Waals surface area contributed by atoms with Crippen molar-refractivity contribution < 1.29 is 4.79 Å². The summed E-state index contributed by atoms with van der Waals surface area (Å²) in [5.74, 6) is 5.15. The first-order chi connectivity index (χ1) is 7.10. The molecule has 82 valence electrons. The topological polar surface area (TPSA) is 94.0 Å². The van der Waals surface area contributed by atoms with Gasteiger partial charge in [0.15, 0.2) is 0 Å². The molecule has 5 N–H and O–H groups in total. The number of hydrazine groups is 1. The first-order valence-corrected chi connectivity index (χ1v) is 4.87. The number of aromatic nitrogens is 1. The van der Waals surface area contributed by atoms with Crippen LogP contribution >= 0.6 is 0 Å². The van der Waals surface area contributed by atoms with Crippen LogP contribution in [0.15, 0.2) is 12.1 Å². The number of nitrogens with two attached hydrogens (primary N) is 2. The van der Waals surface area contributed by atoms with Gasteiger partial charge in [0.25, 0.3) is 5.91 Å². The van der Waals surface area contributed by atoms with Gasteiger partial charge in [-0.25, -0.2) is 10.8 Å². The molecule has 0 saturated carbocycles. The average molecular weight is 208 g/mol. The first-order valence-electron chi connectivity index (χ1n) is 4.87. The molecule has 1 aromatic rings. The second kappa shape index (κ2) is 4.75. The number of nitrogen functional groups attached to an aromatic ring is 2. The van der Waals surface area contributed by atoms with Crippen molar-refractivity contribution in [3.05, 3.63) is 23.4 Å².